The molecular formula is C20H22F3N5O3S. The summed E-state index contributed by atoms with van der Waals surface area (Å²) in [5.74, 6) is -0.866. The Labute approximate surface area is 182 Å². The van der Waals surface area contributed by atoms with E-state index in [1.165, 1.54) is 12.3 Å². The molecular weight excluding hydrogens is 447 g/mol. The van der Waals surface area contributed by atoms with E-state index in [9.17, 15) is 26.4 Å². The predicted molar refractivity (Wildman–Crippen MR) is 112 cm³/mol. The maximum atomic E-state index is 13.6. The van der Waals surface area contributed by atoms with Gasteiger partial charge in [0.2, 0.25) is 10.0 Å². The van der Waals surface area contributed by atoms with Crippen molar-refractivity contribution in [2.24, 2.45) is 5.92 Å². The maximum absolute atomic E-state index is 13.6. The molecule has 0 saturated heterocycles. The summed E-state index contributed by atoms with van der Waals surface area (Å²) < 4.78 is 67.0. The normalized spacial score (nSPS) is 15.9. The average Bonchev–Trinajstić information content (AvgIpc) is 3.31. The van der Waals surface area contributed by atoms with Gasteiger partial charge in [-0.2, -0.15) is 18.3 Å². The van der Waals surface area contributed by atoms with Gasteiger partial charge in [-0.3, -0.25) is 9.48 Å². The summed E-state index contributed by atoms with van der Waals surface area (Å²) in [7, 11) is -3.75. The molecule has 0 bridgehead atoms. The predicted octanol–water partition coefficient (Wildman–Crippen LogP) is 3.89. The molecule has 3 heterocycles. The van der Waals surface area contributed by atoms with Gasteiger partial charge in [-0.15, -0.1) is 0 Å². The van der Waals surface area contributed by atoms with E-state index in [0.717, 1.165) is 53.2 Å². The molecule has 0 aliphatic heterocycles. The highest BCUT2D eigenvalue weighted by atomic mass is 32.2. The van der Waals surface area contributed by atoms with Crippen LogP contribution in [0.3, 0.4) is 0 Å². The number of hydrogen-bond acceptors (Lipinski definition) is 5. The minimum atomic E-state index is -4.76. The van der Waals surface area contributed by atoms with Crippen LogP contribution in [-0.2, 0) is 22.7 Å². The van der Waals surface area contributed by atoms with E-state index in [4.69, 9.17) is 0 Å². The number of carbonyl (C=O) groups excluding carboxylic acids is 1. The van der Waals surface area contributed by atoms with Crippen LogP contribution >= 0.6 is 0 Å². The topological polar surface area (TPSA) is 98.9 Å². The highest BCUT2D eigenvalue weighted by Gasteiger charge is 2.39. The van der Waals surface area contributed by atoms with Crippen LogP contribution in [0.1, 0.15) is 48.2 Å². The minimum Gasteiger partial charge on any atom is -0.319 e. The van der Waals surface area contributed by atoms with Crippen molar-refractivity contribution in [1.82, 2.24) is 18.7 Å². The van der Waals surface area contributed by atoms with Gasteiger partial charge >= 0.3 is 6.18 Å². The minimum absolute atomic E-state index is 0.0436. The van der Waals surface area contributed by atoms with Crippen LogP contribution in [0.25, 0.3) is 11.0 Å². The fourth-order valence-corrected chi connectivity index (χ4v) is 4.91. The molecule has 1 saturated carbocycles. The summed E-state index contributed by atoms with van der Waals surface area (Å²) in [6.45, 7) is 0.214. The van der Waals surface area contributed by atoms with Crippen molar-refractivity contribution in [3.05, 3.63) is 42.0 Å². The Morgan fingerprint density at radius 1 is 1.25 bits per heavy atom. The average molecular weight is 469 g/mol. The van der Waals surface area contributed by atoms with Crippen molar-refractivity contribution in [1.29, 1.82) is 0 Å². The molecule has 1 amide bonds. The number of fused-ring (bicyclic) bond motifs is 1. The summed E-state index contributed by atoms with van der Waals surface area (Å²) in [5.41, 5.74) is -1.61. The third kappa shape index (κ3) is 4.36. The zero-order valence-electron chi connectivity index (χ0n) is 17.3. The zero-order valence-corrected chi connectivity index (χ0v) is 18.1. The molecule has 1 fully saturated rings. The largest absolute Gasteiger partial charge is 0.420 e. The first-order valence-electron chi connectivity index (χ1n) is 10.2. The summed E-state index contributed by atoms with van der Waals surface area (Å²) in [5, 5.41) is 6.60. The quantitative estimate of drug-likeness (QED) is 0.611. The Morgan fingerprint density at radius 3 is 2.62 bits per heavy atom. The molecule has 0 unspecified atom stereocenters. The Bertz CT molecular complexity index is 1260. The molecule has 0 spiro atoms. The Hall–Kier alpha value is -2.89. The third-order valence-corrected chi connectivity index (χ3v) is 6.65. The van der Waals surface area contributed by atoms with Gasteiger partial charge in [0.05, 0.1) is 18.1 Å². The van der Waals surface area contributed by atoms with Crippen molar-refractivity contribution in [3.63, 3.8) is 0 Å². The molecule has 8 nitrogen and oxygen atoms in total. The molecule has 1 aliphatic carbocycles. The number of nitrogens with zero attached hydrogens (tertiary/aromatic N) is 4. The summed E-state index contributed by atoms with van der Waals surface area (Å²) in [4.78, 5) is 17.1. The van der Waals surface area contributed by atoms with E-state index in [2.05, 4.69) is 15.4 Å². The lowest BCUT2D eigenvalue weighted by Crippen LogP contribution is -2.24. The van der Waals surface area contributed by atoms with E-state index in [1.807, 2.05) is 0 Å². The number of aromatic nitrogens is 4. The number of carbonyl (C=O) groups is 1. The van der Waals surface area contributed by atoms with E-state index >= 15 is 0 Å². The SMILES string of the molecule is CS(=O)(=O)n1cc(NC(=O)c2c(C(F)(F)F)cnn2CC2CCCCC2)c2cccnc21. The van der Waals surface area contributed by atoms with E-state index in [1.54, 1.807) is 6.07 Å². The Balaban J connectivity index is 1.73. The standard InChI is InChI=1S/C20H22F3N5O3S/c1-32(30,31)28-12-16(14-8-5-9-24-18(14)28)26-19(29)17-15(20(21,22)23)10-25-27(17)11-13-6-3-2-4-7-13/h5,8-10,12-13H,2-4,6-7,11H2,1H3,(H,26,29). The van der Waals surface area contributed by atoms with Gasteiger partial charge in [0, 0.05) is 24.3 Å². The highest BCUT2D eigenvalue weighted by Crippen LogP contribution is 2.34. The first-order valence-corrected chi connectivity index (χ1v) is 12.0. The smallest absolute Gasteiger partial charge is 0.319 e. The fraction of sp³-hybridized carbons (Fsp3) is 0.450. The summed E-state index contributed by atoms with van der Waals surface area (Å²) in [6, 6.07) is 3.07. The molecule has 4 rings (SSSR count). The number of alkyl halides is 3. The van der Waals surface area contributed by atoms with Gasteiger partial charge in [0.25, 0.3) is 5.91 Å². The fourth-order valence-electron chi connectivity index (χ4n) is 4.15. The lowest BCUT2D eigenvalue weighted by atomic mass is 9.89. The van der Waals surface area contributed by atoms with Crippen molar-refractivity contribution in [3.8, 4) is 0 Å². The van der Waals surface area contributed by atoms with Crippen LogP contribution in [0.2, 0.25) is 0 Å². The number of pyridine rings is 1. The second kappa shape index (κ2) is 8.23. The molecule has 0 atom stereocenters. The van der Waals surface area contributed by atoms with E-state index in [0.29, 0.717) is 6.20 Å². The number of nitrogens with one attached hydrogen (secondary N) is 1. The van der Waals surface area contributed by atoms with Gasteiger partial charge in [-0.05, 0) is 30.9 Å². The van der Waals surface area contributed by atoms with Crippen molar-refractivity contribution < 1.29 is 26.4 Å². The molecule has 172 valence electrons. The molecule has 1 N–H and O–H groups in total. The first-order chi connectivity index (χ1) is 15.1. The summed E-state index contributed by atoms with van der Waals surface area (Å²) in [6.07, 6.45) is 4.22. The second-order valence-electron chi connectivity index (χ2n) is 8.02. The second-order valence-corrected chi connectivity index (χ2v) is 9.88. The maximum Gasteiger partial charge on any atom is 0.420 e. The molecule has 0 aromatic carbocycles. The monoisotopic (exact) mass is 469 g/mol. The zero-order chi connectivity index (χ0) is 23.1. The molecule has 32 heavy (non-hydrogen) atoms. The molecule has 3 aromatic rings. The molecule has 12 heteroatoms. The van der Waals surface area contributed by atoms with E-state index in [-0.39, 0.29) is 29.2 Å². The van der Waals surface area contributed by atoms with Gasteiger partial charge in [-0.25, -0.2) is 17.4 Å². The van der Waals surface area contributed by atoms with Gasteiger partial charge in [0.1, 0.15) is 11.3 Å². The van der Waals surface area contributed by atoms with Crippen molar-refractivity contribution >= 4 is 32.7 Å². The van der Waals surface area contributed by atoms with Crippen LogP contribution < -0.4 is 5.32 Å². The van der Waals surface area contributed by atoms with Gasteiger partial charge in [-0.1, -0.05) is 19.3 Å². The van der Waals surface area contributed by atoms with Crippen LogP contribution in [0.5, 0.6) is 0 Å². The van der Waals surface area contributed by atoms with Crippen LogP contribution in [-0.4, -0.2) is 39.3 Å². The molecule has 1 aliphatic rings. The lowest BCUT2D eigenvalue weighted by molar-refractivity contribution is -0.138. The van der Waals surface area contributed by atoms with Crippen molar-refractivity contribution in [2.75, 3.05) is 11.6 Å². The number of amides is 1. The third-order valence-electron chi connectivity index (χ3n) is 5.65. The lowest BCUT2D eigenvalue weighted by Gasteiger charge is -2.22. The number of anilines is 1. The summed E-state index contributed by atoms with van der Waals surface area (Å²) >= 11 is 0. The number of hydrogen-bond donors (Lipinski definition) is 1. The first kappa shape index (κ1) is 22.3. The van der Waals surface area contributed by atoms with E-state index < -0.39 is 33.4 Å². The molecule has 3 aromatic heterocycles. The Morgan fingerprint density at radius 2 is 1.97 bits per heavy atom. The Kier molecular flexibility index (Phi) is 5.74. The van der Waals surface area contributed by atoms with Gasteiger partial charge < -0.3 is 5.32 Å². The van der Waals surface area contributed by atoms with Crippen LogP contribution in [0.4, 0.5) is 18.9 Å². The highest BCUT2D eigenvalue weighted by molar-refractivity contribution is 7.89. The van der Waals surface area contributed by atoms with Crippen LogP contribution in [0.15, 0.2) is 30.7 Å². The number of rotatable bonds is 5. The van der Waals surface area contributed by atoms with Crippen molar-refractivity contribution in [2.45, 2.75) is 44.8 Å². The van der Waals surface area contributed by atoms with Crippen LogP contribution in [0, 0.1) is 5.92 Å². The van der Waals surface area contributed by atoms with Gasteiger partial charge in [0.15, 0.2) is 5.65 Å². The number of halogens is 3. The molecule has 0 radical (unpaired) electrons.